The van der Waals surface area contributed by atoms with Crippen LogP contribution >= 0.6 is 15.9 Å². The Balaban J connectivity index is 2.64. The predicted molar refractivity (Wildman–Crippen MR) is 85.6 cm³/mol. The normalized spacial score (nSPS) is 14.3. The number of phenolic OH excluding ortho intramolecular Hbond substituents is 1. The molecule has 2 nitrogen and oxygen atoms in total. The molecule has 0 heterocycles. The number of hydrogen-bond donors (Lipinski definition) is 2. The lowest BCUT2D eigenvalue weighted by Crippen LogP contribution is -2.30. The van der Waals surface area contributed by atoms with Crippen molar-refractivity contribution in [3.05, 3.63) is 28.2 Å². The van der Waals surface area contributed by atoms with Crippen LogP contribution in [-0.4, -0.2) is 11.1 Å². The predicted octanol–water partition coefficient (Wildman–Crippen LogP) is 5.16. The van der Waals surface area contributed by atoms with Crippen LogP contribution < -0.4 is 5.32 Å². The van der Waals surface area contributed by atoms with Gasteiger partial charge in [-0.05, 0) is 38.0 Å². The molecule has 3 heteroatoms. The SMILES string of the molecule is CCCCCC(C)NC(CC)c1cc(Br)ccc1O. The Labute approximate surface area is 125 Å². The topological polar surface area (TPSA) is 32.3 Å². The molecule has 0 aromatic heterocycles. The van der Waals surface area contributed by atoms with Crippen LogP contribution in [0.5, 0.6) is 5.75 Å². The first-order chi connectivity index (χ1) is 9.08. The van der Waals surface area contributed by atoms with Crippen molar-refractivity contribution in [1.82, 2.24) is 5.32 Å². The Morgan fingerprint density at radius 3 is 2.63 bits per heavy atom. The van der Waals surface area contributed by atoms with Gasteiger partial charge in [0.05, 0.1) is 0 Å². The largest absolute Gasteiger partial charge is 0.508 e. The lowest BCUT2D eigenvalue weighted by atomic mass is 10.0. The lowest BCUT2D eigenvalue weighted by Gasteiger charge is -2.23. The first kappa shape index (κ1) is 16.5. The van der Waals surface area contributed by atoms with E-state index >= 15 is 0 Å². The average molecular weight is 328 g/mol. The summed E-state index contributed by atoms with van der Waals surface area (Å²) in [6.07, 6.45) is 5.99. The van der Waals surface area contributed by atoms with Gasteiger partial charge in [0.1, 0.15) is 5.75 Å². The standard InChI is InChI=1S/C16H26BrNO/c1-4-6-7-8-12(3)18-15(5-2)14-11-13(17)9-10-16(14)19/h9-12,15,18-19H,4-8H2,1-3H3. The van der Waals surface area contributed by atoms with Gasteiger partial charge in [-0.2, -0.15) is 0 Å². The Morgan fingerprint density at radius 1 is 1.26 bits per heavy atom. The number of aromatic hydroxyl groups is 1. The maximum absolute atomic E-state index is 10.0. The fraction of sp³-hybridized carbons (Fsp3) is 0.625. The molecule has 1 aromatic carbocycles. The molecular formula is C16H26BrNO. The second-order valence-corrected chi connectivity index (χ2v) is 6.14. The van der Waals surface area contributed by atoms with Gasteiger partial charge in [0.15, 0.2) is 0 Å². The van der Waals surface area contributed by atoms with E-state index in [1.54, 1.807) is 6.07 Å². The first-order valence-corrected chi connectivity index (χ1v) is 8.12. The van der Waals surface area contributed by atoms with E-state index in [-0.39, 0.29) is 6.04 Å². The molecule has 0 aliphatic rings. The number of halogens is 1. The van der Waals surface area contributed by atoms with Gasteiger partial charge in [0, 0.05) is 22.1 Å². The van der Waals surface area contributed by atoms with Crippen molar-refractivity contribution >= 4 is 15.9 Å². The van der Waals surface area contributed by atoms with Crippen molar-refractivity contribution in [2.24, 2.45) is 0 Å². The Hall–Kier alpha value is -0.540. The number of phenols is 1. The smallest absolute Gasteiger partial charge is 0.120 e. The van der Waals surface area contributed by atoms with Crippen molar-refractivity contribution in [3.8, 4) is 5.75 Å². The zero-order chi connectivity index (χ0) is 14.3. The van der Waals surface area contributed by atoms with Gasteiger partial charge >= 0.3 is 0 Å². The minimum atomic E-state index is 0.217. The minimum Gasteiger partial charge on any atom is -0.508 e. The zero-order valence-electron chi connectivity index (χ0n) is 12.2. The number of hydrogen-bond acceptors (Lipinski definition) is 2. The highest BCUT2D eigenvalue weighted by molar-refractivity contribution is 9.10. The second kappa shape index (κ2) is 8.60. The zero-order valence-corrected chi connectivity index (χ0v) is 13.8. The fourth-order valence-electron chi connectivity index (χ4n) is 2.36. The Kier molecular flexibility index (Phi) is 7.47. The van der Waals surface area contributed by atoms with Gasteiger partial charge in [-0.15, -0.1) is 0 Å². The lowest BCUT2D eigenvalue weighted by molar-refractivity contribution is 0.396. The summed E-state index contributed by atoms with van der Waals surface area (Å²) in [4.78, 5) is 0. The molecule has 0 bridgehead atoms. The summed E-state index contributed by atoms with van der Waals surface area (Å²) in [7, 11) is 0. The highest BCUT2D eigenvalue weighted by Crippen LogP contribution is 2.29. The minimum absolute atomic E-state index is 0.217. The average Bonchev–Trinajstić information content (AvgIpc) is 2.39. The second-order valence-electron chi connectivity index (χ2n) is 5.23. The number of rotatable bonds is 8. The van der Waals surface area contributed by atoms with Crippen LogP contribution in [0, 0.1) is 0 Å². The summed E-state index contributed by atoms with van der Waals surface area (Å²) in [5.41, 5.74) is 0.985. The summed E-state index contributed by atoms with van der Waals surface area (Å²) >= 11 is 3.47. The van der Waals surface area contributed by atoms with E-state index in [1.807, 2.05) is 12.1 Å². The molecule has 0 aliphatic carbocycles. The number of nitrogens with one attached hydrogen (secondary N) is 1. The van der Waals surface area contributed by atoms with Gasteiger partial charge in [0.2, 0.25) is 0 Å². The summed E-state index contributed by atoms with van der Waals surface area (Å²) in [5.74, 6) is 0.378. The van der Waals surface area contributed by atoms with Crippen molar-refractivity contribution in [2.75, 3.05) is 0 Å². The Bertz CT molecular complexity index is 381. The van der Waals surface area contributed by atoms with Gasteiger partial charge < -0.3 is 10.4 Å². The first-order valence-electron chi connectivity index (χ1n) is 7.32. The van der Waals surface area contributed by atoms with E-state index < -0.39 is 0 Å². The maximum atomic E-state index is 10.0. The summed E-state index contributed by atoms with van der Waals surface area (Å²) in [6, 6.07) is 6.33. The van der Waals surface area contributed by atoms with Crippen molar-refractivity contribution < 1.29 is 5.11 Å². The summed E-state index contributed by atoms with van der Waals surface area (Å²) < 4.78 is 1.01. The van der Waals surface area contributed by atoms with Crippen molar-refractivity contribution in [2.45, 2.75) is 65.0 Å². The van der Waals surface area contributed by atoms with Crippen LogP contribution in [0.3, 0.4) is 0 Å². The molecule has 0 fully saturated rings. The van der Waals surface area contributed by atoms with Crippen molar-refractivity contribution in [1.29, 1.82) is 0 Å². The molecule has 0 saturated carbocycles. The molecule has 2 unspecified atom stereocenters. The highest BCUT2D eigenvalue weighted by atomic mass is 79.9. The number of unbranched alkanes of at least 4 members (excludes halogenated alkanes) is 2. The molecule has 19 heavy (non-hydrogen) atoms. The maximum Gasteiger partial charge on any atom is 0.120 e. The number of benzene rings is 1. The quantitative estimate of drug-likeness (QED) is 0.646. The van der Waals surface area contributed by atoms with Crippen LogP contribution in [0.15, 0.2) is 22.7 Å². The van der Waals surface area contributed by atoms with Crippen molar-refractivity contribution in [3.63, 3.8) is 0 Å². The van der Waals surface area contributed by atoms with Gasteiger partial charge in [-0.25, -0.2) is 0 Å². The third kappa shape index (κ3) is 5.53. The summed E-state index contributed by atoms with van der Waals surface area (Å²) in [5, 5.41) is 13.6. The van der Waals surface area contributed by atoms with E-state index in [4.69, 9.17) is 0 Å². The van der Waals surface area contributed by atoms with Gasteiger partial charge in [-0.1, -0.05) is 49.0 Å². The van der Waals surface area contributed by atoms with Crippen LogP contribution in [-0.2, 0) is 0 Å². The van der Waals surface area contributed by atoms with E-state index in [1.165, 1.54) is 25.7 Å². The molecular weight excluding hydrogens is 302 g/mol. The third-order valence-corrected chi connectivity index (χ3v) is 3.99. The van der Waals surface area contributed by atoms with Gasteiger partial charge in [-0.3, -0.25) is 0 Å². The molecule has 1 aromatic rings. The molecule has 108 valence electrons. The fourth-order valence-corrected chi connectivity index (χ4v) is 2.74. The van der Waals surface area contributed by atoms with Crippen LogP contribution in [0.25, 0.3) is 0 Å². The van der Waals surface area contributed by atoms with E-state index in [0.29, 0.717) is 11.8 Å². The molecule has 2 N–H and O–H groups in total. The van der Waals surface area contributed by atoms with Crippen LogP contribution in [0.4, 0.5) is 0 Å². The van der Waals surface area contributed by atoms with Crippen LogP contribution in [0.2, 0.25) is 0 Å². The molecule has 0 spiro atoms. The van der Waals surface area contributed by atoms with E-state index in [9.17, 15) is 5.11 Å². The molecule has 2 atom stereocenters. The highest BCUT2D eigenvalue weighted by Gasteiger charge is 2.16. The molecule has 0 amide bonds. The van der Waals surface area contributed by atoms with Crippen LogP contribution in [0.1, 0.15) is 64.5 Å². The monoisotopic (exact) mass is 327 g/mol. The van der Waals surface area contributed by atoms with Gasteiger partial charge in [0.25, 0.3) is 0 Å². The summed E-state index contributed by atoms with van der Waals surface area (Å²) in [6.45, 7) is 6.61. The molecule has 1 rings (SSSR count). The Morgan fingerprint density at radius 2 is 2.00 bits per heavy atom. The molecule has 0 saturated heterocycles. The van der Waals surface area contributed by atoms with E-state index in [0.717, 1.165) is 16.5 Å². The molecule has 0 aliphatic heterocycles. The third-order valence-electron chi connectivity index (χ3n) is 3.50. The van der Waals surface area contributed by atoms with E-state index in [2.05, 4.69) is 42.0 Å². The molecule has 0 radical (unpaired) electrons.